The van der Waals surface area contributed by atoms with E-state index in [1.165, 1.54) is 24.3 Å². The Hall–Kier alpha value is -3.17. The second-order valence-corrected chi connectivity index (χ2v) is 8.35. The van der Waals surface area contributed by atoms with Crippen LogP contribution in [0.5, 0.6) is 5.75 Å². The SMILES string of the molecule is CO[C@H]1CN(C)C(=O)c2ccc(NC(=O)Nc3ccc(F)cc3)cc2OC[C@@H](C)NC[C@H]1C. The highest BCUT2D eigenvalue weighted by molar-refractivity contribution is 6.01. The van der Waals surface area contributed by atoms with E-state index in [4.69, 9.17) is 9.47 Å². The van der Waals surface area contributed by atoms with Crippen LogP contribution in [0.15, 0.2) is 42.5 Å². The first-order valence-corrected chi connectivity index (χ1v) is 10.9. The third kappa shape index (κ3) is 6.66. The number of hydrogen-bond donors (Lipinski definition) is 3. The zero-order chi connectivity index (χ0) is 24.0. The van der Waals surface area contributed by atoms with Crippen molar-refractivity contribution >= 4 is 23.3 Å². The molecule has 33 heavy (non-hydrogen) atoms. The van der Waals surface area contributed by atoms with E-state index in [2.05, 4.69) is 22.9 Å². The van der Waals surface area contributed by atoms with Crippen molar-refractivity contribution in [2.24, 2.45) is 5.92 Å². The average molecular weight is 459 g/mol. The number of nitrogens with one attached hydrogen (secondary N) is 3. The van der Waals surface area contributed by atoms with E-state index in [0.717, 1.165) is 6.54 Å². The van der Waals surface area contributed by atoms with Crippen molar-refractivity contribution in [3.8, 4) is 5.75 Å². The number of ether oxygens (including phenoxy) is 2. The largest absolute Gasteiger partial charge is 0.491 e. The second kappa shape index (κ2) is 11.1. The molecule has 178 valence electrons. The van der Waals surface area contributed by atoms with Gasteiger partial charge in [-0.1, -0.05) is 6.92 Å². The van der Waals surface area contributed by atoms with Crippen LogP contribution in [0.25, 0.3) is 0 Å². The van der Waals surface area contributed by atoms with Crippen LogP contribution >= 0.6 is 0 Å². The molecule has 2 aromatic rings. The molecule has 0 spiro atoms. The number of urea groups is 1. The van der Waals surface area contributed by atoms with Crippen LogP contribution in [0.4, 0.5) is 20.6 Å². The van der Waals surface area contributed by atoms with Gasteiger partial charge in [0.05, 0.1) is 11.7 Å². The van der Waals surface area contributed by atoms with E-state index in [9.17, 15) is 14.0 Å². The minimum Gasteiger partial charge on any atom is -0.491 e. The molecule has 3 N–H and O–H groups in total. The molecule has 3 atom stereocenters. The lowest BCUT2D eigenvalue weighted by molar-refractivity contribution is 0.0281. The summed E-state index contributed by atoms with van der Waals surface area (Å²) in [6, 6.07) is 9.91. The van der Waals surface area contributed by atoms with Gasteiger partial charge in [0.1, 0.15) is 18.2 Å². The van der Waals surface area contributed by atoms with Crippen LogP contribution in [0.2, 0.25) is 0 Å². The number of nitrogens with zero attached hydrogens (tertiary/aromatic N) is 1. The zero-order valence-electron chi connectivity index (χ0n) is 19.4. The smallest absolute Gasteiger partial charge is 0.323 e. The van der Waals surface area contributed by atoms with Gasteiger partial charge in [0.15, 0.2) is 0 Å². The van der Waals surface area contributed by atoms with Crippen molar-refractivity contribution in [3.63, 3.8) is 0 Å². The van der Waals surface area contributed by atoms with Crippen LogP contribution in [-0.4, -0.2) is 62.8 Å². The van der Waals surface area contributed by atoms with Gasteiger partial charge in [-0.2, -0.15) is 0 Å². The third-order valence-corrected chi connectivity index (χ3v) is 5.59. The molecule has 1 aliphatic heterocycles. The fourth-order valence-corrected chi connectivity index (χ4v) is 3.56. The van der Waals surface area contributed by atoms with Crippen LogP contribution in [-0.2, 0) is 4.74 Å². The summed E-state index contributed by atoms with van der Waals surface area (Å²) in [6.07, 6.45) is -0.112. The van der Waals surface area contributed by atoms with E-state index >= 15 is 0 Å². The molecule has 1 heterocycles. The summed E-state index contributed by atoms with van der Waals surface area (Å²) in [5.74, 6) is 0.00541. The summed E-state index contributed by atoms with van der Waals surface area (Å²) in [5.41, 5.74) is 1.31. The first-order valence-electron chi connectivity index (χ1n) is 10.9. The van der Waals surface area contributed by atoms with E-state index in [1.54, 1.807) is 37.3 Å². The highest BCUT2D eigenvalue weighted by Crippen LogP contribution is 2.26. The Morgan fingerprint density at radius 1 is 1.15 bits per heavy atom. The summed E-state index contributed by atoms with van der Waals surface area (Å²) in [4.78, 5) is 27.1. The molecule has 3 rings (SSSR count). The van der Waals surface area contributed by atoms with Crippen LogP contribution in [0.3, 0.4) is 0 Å². The number of amides is 3. The van der Waals surface area contributed by atoms with E-state index in [1.807, 2.05) is 6.92 Å². The van der Waals surface area contributed by atoms with Crippen molar-refractivity contribution in [1.82, 2.24) is 10.2 Å². The predicted octanol–water partition coefficient (Wildman–Crippen LogP) is 3.56. The monoisotopic (exact) mass is 458 g/mol. The number of methoxy groups -OCH3 is 1. The molecule has 0 radical (unpaired) electrons. The average Bonchev–Trinajstić information content (AvgIpc) is 2.80. The number of carbonyl (C=O) groups excluding carboxylic acids is 2. The summed E-state index contributed by atoms with van der Waals surface area (Å²) in [7, 11) is 3.38. The van der Waals surface area contributed by atoms with Gasteiger partial charge >= 0.3 is 6.03 Å². The highest BCUT2D eigenvalue weighted by atomic mass is 19.1. The molecule has 9 heteroatoms. The van der Waals surface area contributed by atoms with Crippen LogP contribution < -0.4 is 20.7 Å². The van der Waals surface area contributed by atoms with E-state index in [0.29, 0.717) is 35.8 Å². The topological polar surface area (TPSA) is 91.9 Å². The maximum atomic E-state index is 13.1. The molecule has 3 amide bonds. The van der Waals surface area contributed by atoms with Gasteiger partial charge < -0.3 is 30.3 Å². The van der Waals surface area contributed by atoms with Gasteiger partial charge in [0.25, 0.3) is 5.91 Å². The van der Waals surface area contributed by atoms with Crippen LogP contribution in [0.1, 0.15) is 24.2 Å². The van der Waals surface area contributed by atoms with Gasteiger partial charge in [-0.15, -0.1) is 0 Å². The van der Waals surface area contributed by atoms with Gasteiger partial charge in [0.2, 0.25) is 0 Å². The Labute approximate surface area is 193 Å². The Morgan fingerprint density at radius 3 is 2.52 bits per heavy atom. The normalized spacial score (nSPS) is 21.8. The number of rotatable bonds is 3. The maximum Gasteiger partial charge on any atom is 0.323 e. The van der Waals surface area contributed by atoms with Crippen molar-refractivity contribution in [2.75, 3.05) is 44.5 Å². The van der Waals surface area contributed by atoms with Crippen molar-refractivity contribution in [1.29, 1.82) is 0 Å². The summed E-state index contributed by atoms with van der Waals surface area (Å²) in [5, 5.41) is 8.79. The number of halogens is 1. The molecular weight excluding hydrogens is 427 g/mol. The number of hydrogen-bond acceptors (Lipinski definition) is 5. The van der Waals surface area contributed by atoms with Crippen LogP contribution in [0, 0.1) is 11.7 Å². The fraction of sp³-hybridized carbons (Fsp3) is 0.417. The summed E-state index contributed by atoms with van der Waals surface area (Å²) in [6.45, 7) is 5.60. The summed E-state index contributed by atoms with van der Waals surface area (Å²) >= 11 is 0. The Bertz CT molecular complexity index is 969. The molecular formula is C24H31FN4O4. The molecule has 2 aromatic carbocycles. The second-order valence-electron chi connectivity index (χ2n) is 8.35. The van der Waals surface area contributed by atoms with Crippen molar-refractivity contribution in [2.45, 2.75) is 26.0 Å². The molecule has 0 saturated heterocycles. The van der Waals surface area contributed by atoms with Gasteiger partial charge in [-0.25, -0.2) is 9.18 Å². The zero-order valence-corrected chi connectivity index (χ0v) is 19.4. The number of carbonyl (C=O) groups is 2. The minimum atomic E-state index is -0.495. The standard InChI is InChI=1S/C24H31FN4O4/c1-15-12-26-16(2)14-33-21-11-19(28-24(31)27-18-7-5-17(25)6-8-18)9-10-20(21)23(30)29(3)13-22(15)32-4/h5-11,15-16,22,26H,12-14H2,1-4H3,(H2,27,28,31)/t15-,16-,22+/m1/s1. The Morgan fingerprint density at radius 2 is 1.82 bits per heavy atom. The quantitative estimate of drug-likeness (QED) is 0.654. The first kappa shape index (κ1) is 24.5. The minimum absolute atomic E-state index is 0.0449. The lowest BCUT2D eigenvalue weighted by Gasteiger charge is -2.30. The van der Waals surface area contributed by atoms with Gasteiger partial charge in [0, 0.05) is 50.7 Å². The van der Waals surface area contributed by atoms with E-state index < -0.39 is 6.03 Å². The number of fused-ring (bicyclic) bond motifs is 1. The molecule has 0 saturated carbocycles. The number of likely N-dealkylation sites (N-methyl/N-ethyl adjacent to an activating group) is 1. The van der Waals surface area contributed by atoms with Gasteiger partial charge in [-0.3, -0.25) is 4.79 Å². The Kier molecular flexibility index (Phi) is 8.24. The molecule has 8 nitrogen and oxygen atoms in total. The summed E-state index contributed by atoms with van der Waals surface area (Å²) < 4.78 is 24.7. The molecule has 0 fully saturated rings. The van der Waals surface area contributed by atoms with E-state index in [-0.39, 0.29) is 29.8 Å². The lowest BCUT2D eigenvalue weighted by Crippen LogP contribution is -2.44. The van der Waals surface area contributed by atoms with Crippen molar-refractivity contribution in [3.05, 3.63) is 53.8 Å². The maximum absolute atomic E-state index is 13.1. The molecule has 0 unspecified atom stereocenters. The lowest BCUT2D eigenvalue weighted by atomic mass is 10.0. The van der Waals surface area contributed by atoms with Crippen molar-refractivity contribution < 1.29 is 23.5 Å². The molecule has 0 bridgehead atoms. The number of anilines is 2. The predicted molar refractivity (Wildman–Crippen MR) is 125 cm³/mol. The third-order valence-electron chi connectivity index (χ3n) is 5.59. The molecule has 1 aliphatic rings. The Balaban J connectivity index is 1.80. The number of benzene rings is 2. The fourth-order valence-electron chi connectivity index (χ4n) is 3.56. The molecule has 0 aliphatic carbocycles. The van der Waals surface area contributed by atoms with Gasteiger partial charge in [-0.05, 0) is 49.2 Å². The molecule has 0 aromatic heterocycles. The highest BCUT2D eigenvalue weighted by Gasteiger charge is 2.25. The first-order chi connectivity index (χ1) is 15.8.